The molecule has 2 aromatic carbocycles. The molecule has 0 radical (unpaired) electrons. The summed E-state index contributed by atoms with van der Waals surface area (Å²) in [7, 11) is -3.35. The number of sulfonamides is 1. The van der Waals surface area contributed by atoms with Crippen molar-refractivity contribution in [3.8, 4) is 0 Å². The number of piperidine rings is 1. The van der Waals surface area contributed by atoms with E-state index in [0.717, 1.165) is 5.56 Å². The van der Waals surface area contributed by atoms with Gasteiger partial charge in [0.05, 0.1) is 22.9 Å². The van der Waals surface area contributed by atoms with Crippen LogP contribution in [0, 0.1) is 5.92 Å². The topological polar surface area (TPSA) is 92.8 Å². The summed E-state index contributed by atoms with van der Waals surface area (Å²) in [6, 6.07) is 14.5. The number of amides is 1. The average Bonchev–Trinajstić information content (AvgIpc) is 2.81. The molecule has 0 bridgehead atoms. The molecule has 1 N–H and O–H groups in total. The molecular formula is C24H29ClN2O5S. The molecule has 33 heavy (non-hydrogen) atoms. The number of carbonyl (C=O) groups is 2. The Labute approximate surface area is 200 Å². The quantitative estimate of drug-likeness (QED) is 0.531. The summed E-state index contributed by atoms with van der Waals surface area (Å²) in [4.78, 5) is 24.7. The van der Waals surface area contributed by atoms with Crippen molar-refractivity contribution >= 4 is 39.2 Å². The lowest BCUT2D eigenvalue weighted by Crippen LogP contribution is -2.42. The first-order valence-electron chi connectivity index (χ1n) is 11.1. The smallest absolute Gasteiger partial charge is 0.339 e. The van der Waals surface area contributed by atoms with E-state index in [4.69, 9.17) is 16.3 Å². The first-order valence-corrected chi connectivity index (χ1v) is 13.1. The van der Waals surface area contributed by atoms with Crippen LogP contribution in [0.4, 0.5) is 5.69 Å². The number of nitrogens with zero attached hydrogens (tertiary/aromatic N) is 1. The predicted octanol–water partition coefficient (Wildman–Crippen LogP) is 4.13. The molecule has 0 spiro atoms. The van der Waals surface area contributed by atoms with Crippen LogP contribution in [0.2, 0.25) is 5.02 Å². The second-order valence-corrected chi connectivity index (χ2v) is 10.5. The van der Waals surface area contributed by atoms with Gasteiger partial charge in [0.15, 0.2) is 0 Å². The third kappa shape index (κ3) is 7.03. The van der Waals surface area contributed by atoms with Crippen LogP contribution in [-0.2, 0) is 26.0 Å². The van der Waals surface area contributed by atoms with Crippen molar-refractivity contribution in [2.75, 3.05) is 30.8 Å². The molecule has 3 rings (SSSR count). The van der Waals surface area contributed by atoms with Gasteiger partial charge in [-0.15, -0.1) is 0 Å². The molecule has 2 aromatic rings. The van der Waals surface area contributed by atoms with E-state index in [-0.39, 0.29) is 34.8 Å². The van der Waals surface area contributed by atoms with E-state index in [1.165, 1.54) is 16.4 Å². The van der Waals surface area contributed by atoms with Gasteiger partial charge in [-0.3, -0.25) is 4.79 Å². The number of esters is 1. The highest BCUT2D eigenvalue weighted by molar-refractivity contribution is 7.89. The van der Waals surface area contributed by atoms with Gasteiger partial charge < -0.3 is 10.1 Å². The second kappa shape index (κ2) is 11.6. The zero-order chi connectivity index (χ0) is 23.8. The molecule has 1 fully saturated rings. The third-order valence-corrected chi connectivity index (χ3v) is 7.94. The molecule has 0 aliphatic carbocycles. The molecule has 1 amide bonds. The van der Waals surface area contributed by atoms with Crippen LogP contribution >= 0.6 is 11.6 Å². The Hall–Kier alpha value is -2.42. The summed E-state index contributed by atoms with van der Waals surface area (Å²) in [5.41, 5.74) is 1.76. The number of hydrogen-bond acceptors (Lipinski definition) is 5. The summed E-state index contributed by atoms with van der Waals surface area (Å²) in [5.74, 6) is -0.958. The maximum Gasteiger partial charge on any atom is 0.339 e. The predicted molar refractivity (Wildman–Crippen MR) is 129 cm³/mol. The summed E-state index contributed by atoms with van der Waals surface area (Å²) in [5, 5.41) is 3.06. The molecule has 1 heterocycles. The fourth-order valence-electron chi connectivity index (χ4n) is 3.84. The number of nitrogens with one attached hydrogen (secondary N) is 1. The van der Waals surface area contributed by atoms with Crippen LogP contribution in [0.15, 0.2) is 48.5 Å². The molecule has 1 saturated heterocycles. The van der Waals surface area contributed by atoms with E-state index in [1.807, 2.05) is 30.3 Å². The Morgan fingerprint density at radius 1 is 1.12 bits per heavy atom. The normalized spacial score (nSPS) is 15.2. The largest absolute Gasteiger partial charge is 0.462 e. The molecule has 9 heteroatoms. The van der Waals surface area contributed by atoms with Crippen LogP contribution in [0.25, 0.3) is 0 Å². The van der Waals surface area contributed by atoms with E-state index in [0.29, 0.717) is 44.5 Å². The Balaban J connectivity index is 1.50. The number of rotatable bonds is 9. The standard InChI is InChI=1S/C24H29ClN2O5S/c1-2-32-24(29)21-17-20(10-11-22(21)25)26-23(28)19-12-14-27(15-13-19)33(30,31)16-6-9-18-7-4-3-5-8-18/h3-5,7-8,10-11,17,19H,2,6,9,12-16H2,1H3,(H,26,28). The van der Waals surface area contributed by atoms with Crippen molar-refractivity contribution in [2.45, 2.75) is 32.6 Å². The monoisotopic (exact) mass is 492 g/mol. The van der Waals surface area contributed by atoms with Crippen molar-refractivity contribution in [1.82, 2.24) is 4.31 Å². The summed E-state index contributed by atoms with van der Waals surface area (Å²) < 4.78 is 31.9. The van der Waals surface area contributed by atoms with Gasteiger partial charge in [0, 0.05) is 24.7 Å². The number of aryl methyl sites for hydroxylation is 1. The van der Waals surface area contributed by atoms with Gasteiger partial charge in [0.2, 0.25) is 15.9 Å². The zero-order valence-corrected chi connectivity index (χ0v) is 20.2. The van der Waals surface area contributed by atoms with E-state index < -0.39 is 16.0 Å². The maximum atomic E-state index is 12.7. The van der Waals surface area contributed by atoms with Crippen molar-refractivity contribution in [3.05, 3.63) is 64.7 Å². The van der Waals surface area contributed by atoms with Gasteiger partial charge in [0.25, 0.3) is 0 Å². The number of hydrogen-bond donors (Lipinski definition) is 1. The molecule has 7 nitrogen and oxygen atoms in total. The minimum absolute atomic E-state index is 0.0974. The summed E-state index contributed by atoms with van der Waals surface area (Å²) in [6.07, 6.45) is 2.17. The van der Waals surface area contributed by atoms with Gasteiger partial charge in [-0.25, -0.2) is 17.5 Å². The number of halogens is 1. The van der Waals surface area contributed by atoms with Gasteiger partial charge in [-0.1, -0.05) is 41.9 Å². The minimum atomic E-state index is -3.35. The average molecular weight is 493 g/mol. The van der Waals surface area contributed by atoms with Crippen LogP contribution in [0.5, 0.6) is 0 Å². The van der Waals surface area contributed by atoms with Crippen LogP contribution in [0.3, 0.4) is 0 Å². The zero-order valence-electron chi connectivity index (χ0n) is 18.6. The first-order chi connectivity index (χ1) is 15.8. The molecule has 0 saturated carbocycles. The van der Waals surface area contributed by atoms with Crippen LogP contribution in [0.1, 0.15) is 42.1 Å². The lowest BCUT2D eigenvalue weighted by atomic mass is 9.97. The summed E-state index contributed by atoms with van der Waals surface area (Å²) >= 11 is 6.07. The fourth-order valence-corrected chi connectivity index (χ4v) is 5.57. The molecule has 1 aliphatic heterocycles. The Morgan fingerprint density at radius 2 is 1.82 bits per heavy atom. The maximum absolute atomic E-state index is 12.7. The summed E-state index contributed by atoms with van der Waals surface area (Å²) in [6.45, 7) is 2.56. The highest BCUT2D eigenvalue weighted by Gasteiger charge is 2.31. The van der Waals surface area contributed by atoms with Crippen molar-refractivity contribution in [1.29, 1.82) is 0 Å². The lowest BCUT2D eigenvalue weighted by Gasteiger charge is -2.30. The Kier molecular flexibility index (Phi) is 8.88. The molecule has 0 aromatic heterocycles. The van der Waals surface area contributed by atoms with Gasteiger partial charge in [-0.05, 0) is 56.4 Å². The Morgan fingerprint density at radius 3 is 2.48 bits per heavy atom. The molecular weight excluding hydrogens is 464 g/mol. The lowest BCUT2D eigenvalue weighted by molar-refractivity contribution is -0.120. The van der Waals surface area contributed by atoms with Gasteiger partial charge in [-0.2, -0.15) is 0 Å². The van der Waals surface area contributed by atoms with E-state index in [1.54, 1.807) is 13.0 Å². The third-order valence-electron chi connectivity index (χ3n) is 5.66. The minimum Gasteiger partial charge on any atom is -0.462 e. The van der Waals surface area contributed by atoms with Gasteiger partial charge in [0.1, 0.15) is 0 Å². The first kappa shape index (κ1) is 25.2. The van der Waals surface area contributed by atoms with Crippen LogP contribution < -0.4 is 5.32 Å². The van der Waals surface area contributed by atoms with Crippen molar-refractivity contribution < 1.29 is 22.7 Å². The fraction of sp³-hybridized carbons (Fsp3) is 0.417. The number of benzene rings is 2. The van der Waals surface area contributed by atoms with Crippen molar-refractivity contribution in [3.63, 3.8) is 0 Å². The number of carbonyl (C=O) groups excluding carboxylic acids is 2. The van der Waals surface area contributed by atoms with Gasteiger partial charge >= 0.3 is 5.97 Å². The van der Waals surface area contributed by atoms with E-state index in [2.05, 4.69) is 5.32 Å². The van der Waals surface area contributed by atoms with Crippen molar-refractivity contribution in [2.24, 2.45) is 5.92 Å². The Bertz CT molecular complexity index is 1070. The van der Waals surface area contributed by atoms with E-state index >= 15 is 0 Å². The number of ether oxygens (including phenoxy) is 1. The molecule has 178 valence electrons. The second-order valence-electron chi connectivity index (χ2n) is 7.98. The highest BCUT2D eigenvalue weighted by atomic mass is 35.5. The van der Waals surface area contributed by atoms with E-state index in [9.17, 15) is 18.0 Å². The highest BCUT2D eigenvalue weighted by Crippen LogP contribution is 2.25. The number of anilines is 1. The molecule has 1 aliphatic rings. The molecule has 0 atom stereocenters. The molecule has 0 unspecified atom stereocenters. The van der Waals surface area contributed by atoms with Crippen LogP contribution in [-0.4, -0.2) is 50.0 Å². The SMILES string of the molecule is CCOC(=O)c1cc(NC(=O)C2CCN(S(=O)(=O)CCCc3ccccc3)CC2)ccc1Cl.